The number of hydrogen-bond donors (Lipinski definition) is 0. The molecule has 1 aromatic carbocycles. The first-order valence-corrected chi connectivity index (χ1v) is 7.93. The average molecular weight is 386 g/mol. The normalized spacial score (nSPS) is 10.8. The van der Waals surface area contributed by atoms with E-state index < -0.39 is 5.97 Å². The van der Waals surface area contributed by atoms with Gasteiger partial charge in [-0.05, 0) is 45.8 Å². The fraction of sp³-hybridized carbons (Fsp3) is 0.0667. The summed E-state index contributed by atoms with van der Waals surface area (Å²) in [7, 11) is 0. The molecule has 1 aromatic heterocycles. The fourth-order valence-corrected chi connectivity index (χ4v) is 3.00. The molecule has 0 saturated heterocycles. The summed E-state index contributed by atoms with van der Waals surface area (Å²) in [6.07, 6.45) is 2.80. The third-order valence-corrected chi connectivity index (χ3v) is 4.51. The number of thiophene rings is 1. The van der Waals surface area contributed by atoms with Crippen LogP contribution < -0.4 is 0 Å². The Labute approximate surface area is 139 Å². The quantitative estimate of drug-likeness (QED) is 0.429. The predicted octanol–water partition coefficient (Wildman–Crippen LogP) is 4.60. The van der Waals surface area contributed by atoms with Crippen molar-refractivity contribution in [1.29, 1.82) is 0 Å². The second kappa shape index (κ2) is 7.54. The molecule has 3 nitrogen and oxygen atoms in total. The molecule has 21 heavy (non-hydrogen) atoms. The van der Waals surface area contributed by atoms with Crippen LogP contribution in [-0.2, 0) is 9.53 Å². The summed E-state index contributed by atoms with van der Waals surface area (Å²) in [6, 6.07) is 10.6. The van der Waals surface area contributed by atoms with Crippen LogP contribution >= 0.6 is 38.9 Å². The van der Waals surface area contributed by atoms with Crippen molar-refractivity contribution in [2.45, 2.75) is 0 Å². The third kappa shape index (κ3) is 4.81. The van der Waals surface area contributed by atoms with Crippen LogP contribution in [0.3, 0.4) is 0 Å². The van der Waals surface area contributed by atoms with E-state index in [9.17, 15) is 9.59 Å². The summed E-state index contributed by atoms with van der Waals surface area (Å²) in [6.45, 7) is -0.279. The van der Waals surface area contributed by atoms with Crippen molar-refractivity contribution in [2.24, 2.45) is 0 Å². The highest BCUT2D eigenvalue weighted by molar-refractivity contribution is 9.11. The maximum absolute atomic E-state index is 11.8. The number of carbonyl (C=O) groups is 2. The highest BCUT2D eigenvalue weighted by Gasteiger charge is 2.10. The Morgan fingerprint density at radius 1 is 1.24 bits per heavy atom. The molecule has 2 aromatic rings. The fourth-order valence-electron chi connectivity index (χ4n) is 1.49. The molecule has 0 saturated carbocycles. The number of ether oxygens (including phenoxy) is 1. The van der Waals surface area contributed by atoms with E-state index in [0.717, 1.165) is 3.79 Å². The predicted molar refractivity (Wildman–Crippen MR) is 87.8 cm³/mol. The number of carbonyl (C=O) groups excluding carboxylic acids is 2. The first-order chi connectivity index (χ1) is 10.1. The molecule has 0 fully saturated rings. The summed E-state index contributed by atoms with van der Waals surface area (Å²) < 4.78 is 5.76. The Bertz CT molecular complexity index is 694. The van der Waals surface area contributed by atoms with Gasteiger partial charge in [-0.3, -0.25) is 4.79 Å². The Balaban J connectivity index is 1.88. The van der Waals surface area contributed by atoms with Gasteiger partial charge in [0.15, 0.2) is 6.61 Å². The lowest BCUT2D eigenvalue weighted by Gasteiger charge is -2.00. The van der Waals surface area contributed by atoms with Crippen LogP contribution in [0.15, 0.2) is 46.3 Å². The molecule has 1 heterocycles. The number of hydrogen-bond acceptors (Lipinski definition) is 4. The Morgan fingerprint density at radius 2 is 2.00 bits per heavy atom. The number of Topliss-reactive ketones (excluding diaryl/α,β-unsaturated/α-hetero) is 1. The van der Waals surface area contributed by atoms with Crippen LogP contribution in [0, 0.1) is 0 Å². The van der Waals surface area contributed by atoms with Crippen LogP contribution in [0.25, 0.3) is 6.08 Å². The van der Waals surface area contributed by atoms with E-state index in [4.69, 9.17) is 16.3 Å². The zero-order chi connectivity index (χ0) is 15.2. The molecule has 0 radical (unpaired) electrons. The number of rotatable bonds is 5. The first-order valence-electron chi connectivity index (χ1n) is 5.94. The van der Waals surface area contributed by atoms with Gasteiger partial charge in [0.05, 0.1) is 8.66 Å². The molecule has 0 atom stereocenters. The van der Waals surface area contributed by atoms with Gasteiger partial charge in [-0.2, -0.15) is 0 Å². The standard InChI is InChI=1S/C15H10BrClO3S/c16-14-7-6-13(21-14)12(18)9-20-15(19)8-5-10-3-1-2-4-11(10)17/h1-8H,9H2/b8-5+. The smallest absolute Gasteiger partial charge is 0.331 e. The van der Waals surface area contributed by atoms with E-state index in [1.807, 2.05) is 6.07 Å². The number of halogens is 2. The van der Waals surface area contributed by atoms with Crippen molar-refractivity contribution in [3.63, 3.8) is 0 Å². The molecule has 0 N–H and O–H groups in total. The molecule has 0 aliphatic rings. The van der Waals surface area contributed by atoms with Crippen LogP contribution in [0.2, 0.25) is 5.02 Å². The maximum atomic E-state index is 11.8. The van der Waals surface area contributed by atoms with Crippen molar-refractivity contribution in [3.05, 3.63) is 61.7 Å². The van der Waals surface area contributed by atoms with Crippen LogP contribution in [-0.4, -0.2) is 18.4 Å². The molecule has 0 unspecified atom stereocenters. The minimum absolute atomic E-state index is 0.231. The van der Waals surface area contributed by atoms with Gasteiger partial charge in [0.2, 0.25) is 5.78 Å². The second-order valence-electron chi connectivity index (χ2n) is 3.99. The summed E-state index contributed by atoms with van der Waals surface area (Å²) in [5.41, 5.74) is 0.713. The van der Waals surface area contributed by atoms with Crippen molar-refractivity contribution in [2.75, 3.05) is 6.61 Å². The molecule has 0 bridgehead atoms. The third-order valence-electron chi connectivity index (χ3n) is 2.50. The topological polar surface area (TPSA) is 43.4 Å². The van der Waals surface area contributed by atoms with Crippen molar-refractivity contribution < 1.29 is 14.3 Å². The van der Waals surface area contributed by atoms with Gasteiger partial charge in [0.1, 0.15) is 0 Å². The molecule has 0 aliphatic heterocycles. The van der Waals surface area contributed by atoms with Crippen LogP contribution in [0.5, 0.6) is 0 Å². The summed E-state index contributed by atoms with van der Waals surface area (Å²) in [4.78, 5) is 23.9. The maximum Gasteiger partial charge on any atom is 0.331 e. The highest BCUT2D eigenvalue weighted by Crippen LogP contribution is 2.22. The van der Waals surface area contributed by atoms with E-state index in [1.165, 1.54) is 17.4 Å². The van der Waals surface area contributed by atoms with Gasteiger partial charge >= 0.3 is 5.97 Å². The molecule has 0 amide bonds. The zero-order valence-electron chi connectivity index (χ0n) is 10.7. The largest absolute Gasteiger partial charge is 0.454 e. The summed E-state index contributed by atoms with van der Waals surface area (Å²) >= 11 is 10.5. The van der Waals surface area contributed by atoms with Gasteiger partial charge in [-0.25, -0.2) is 4.79 Å². The molecule has 6 heteroatoms. The molecule has 0 spiro atoms. The molecule has 2 rings (SSSR count). The van der Waals surface area contributed by atoms with Crippen molar-refractivity contribution >= 4 is 56.7 Å². The minimum Gasteiger partial charge on any atom is -0.454 e. The van der Waals surface area contributed by atoms with E-state index >= 15 is 0 Å². The molecular weight excluding hydrogens is 376 g/mol. The molecular formula is C15H10BrClO3S. The lowest BCUT2D eigenvalue weighted by molar-refractivity contribution is -0.136. The van der Waals surface area contributed by atoms with Crippen LogP contribution in [0.1, 0.15) is 15.2 Å². The van der Waals surface area contributed by atoms with Gasteiger partial charge in [0, 0.05) is 11.1 Å². The van der Waals surface area contributed by atoms with E-state index in [0.29, 0.717) is 15.5 Å². The minimum atomic E-state index is -0.584. The number of ketones is 1. The van der Waals surface area contributed by atoms with Gasteiger partial charge < -0.3 is 4.74 Å². The second-order valence-corrected chi connectivity index (χ2v) is 6.86. The summed E-state index contributed by atoms with van der Waals surface area (Å²) in [5, 5.41) is 0.543. The summed E-state index contributed by atoms with van der Waals surface area (Å²) in [5.74, 6) is -0.816. The Kier molecular flexibility index (Phi) is 5.73. The molecule has 0 aliphatic carbocycles. The highest BCUT2D eigenvalue weighted by atomic mass is 79.9. The lowest BCUT2D eigenvalue weighted by atomic mass is 10.2. The number of esters is 1. The lowest BCUT2D eigenvalue weighted by Crippen LogP contribution is -2.11. The Hall–Kier alpha value is -1.43. The van der Waals surface area contributed by atoms with E-state index in [1.54, 1.807) is 36.4 Å². The van der Waals surface area contributed by atoms with E-state index in [-0.39, 0.29) is 12.4 Å². The monoisotopic (exact) mass is 384 g/mol. The number of benzene rings is 1. The van der Waals surface area contributed by atoms with Gasteiger partial charge in [-0.15, -0.1) is 11.3 Å². The van der Waals surface area contributed by atoms with Gasteiger partial charge in [-0.1, -0.05) is 29.8 Å². The first kappa shape index (κ1) is 15.9. The Morgan fingerprint density at radius 3 is 2.67 bits per heavy atom. The SMILES string of the molecule is O=C(/C=C/c1ccccc1Cl)OCC(=O)c1ccc(Br)s1. The molecule has 108 valence electrons. The zero-order valence-corrected chi connectivity index (χ0v) is 13.9. The van der Waals surface area contributed by atoms with Crippen molar-refractivity contribution in [1.82, 2.24) is 0 Å². The average Bonchev–Trinajstić information content (AvgIpc) is 2.90. The van der Waals surface area contributed by atoms with Crippen LogP contribution in [0.4, 0.5) is 0 Å². The van der Waals surface area contributed by atoms with Gasteiger partial charge in [0.25, 0.3) is 0 Å². The van der Waals surface area contributed by atoms with Crippen molar-refractivity contribution in [3.8, 4) is 0 Å². The van der Waals surface area contributed by atoms with E-state index in [2.05, 4.69) is 15.9 Å².